The Morgan fingerprint density at radius 3 is 1.80 bits per heavy atom. The van der Waals surface area contributed by atoms with Gasteiger partial charge >= 0.3 is 0 Å². The molecule has 1 amide bonds. The van der Waals surface area contributed by atoms with Crippen LogP contribution in [0.25, 0.3) is 0 Å². The third-order valence-electron chi connectivity index (χ3n) is 6.07. The minimum atomic E-state index is -1.28. The Hall–Kier alpha value is -4.33. The number of amides is 1. The Bertz CT molecular complexity index is 1250. The number of benzene rings is 3. The first-order chi connectivity index (χ1) is 16.9. The zero-order chi connectivity index (χ0) is 25.1. The number of carbonyl (C=O) groups is 3. The predicted octanol–water partition coefficient (Wildman–Crippen LogP) is 3.88. The fourth-order valence-electron chi connectivity index (χ4n) is 4.27. The number of Topliss-reactive ketones (excluding diaryl/α,β-unsaturated/α-hetero) is 2. The fourth-order valence-corrected chi connectivity index (χ4v) is 4.27. The summed E-state index contributed by atoms with van der Waals surface area (Å²) in [4.78, 5) is 41.7. The number of methoxy groups -OCH3 is 4. The lowest BCUT2D eigenvalue weighted by atomic mass is 9.85. The van der Waals surface area contributed by atoms with Crippen LogP contribution in [0.3, 0.4) is 0 Å². The van der Waals surface area contributed by atoms with Gasteiger partial charge in [-0.1, -0.05) is 0 Å². The first-order valence-electron chi connectivity index (χ1n) is 10.8. The summed E-state index contributed by atoms with van der Waals surface area (Å²) in [6, 6.07) is 17.3. The topological polar surface area (TPSA) is 91.4 Å². The highest BCUT2D eigenvalue weighted by molar-refractivity contribution is 6.49. The highest BCUT2D eigenvalue weighted by Crippen LogP contribution is 2.45. The van der Waals surface area contributed by atoms with E-state index in [0.29, 0.717) is 39.8 Å². The molecule has 0 aliphatic carbocycles. The number of anilines is 1. The Morgan fingerprint density at radius 2 is 1.26 bits per heavy atom. The van der Waals surface area contributed by atoms with E-state index >= 15 is 0 Å². The van der Waals surface area contributed by atoms with Gasteiger partial charge < -0.3 is 18.9 Å². The third-order valence-corrected chi connectivity index (χ3v) is 6.07. The van der Waals surface area contributed by atoms with Crippen LogP contribution in [0.1, 0.15) is 22.0 Å². The van der Waals surface area contributed by atoms with E-state index in [4.69, 9.17) is 18.9 Å². The van der Waals surface area contributed by atoms with Crippen molar-refractivity contribution in [2.75, 3.05) is 33.3 Å². The summed E-state index contributed by atoms with van der Waals surface area (Å²) in [5, 5.41) is 0. The van der Waals surface area contributed by atoms with Crippen molar-refractivity contribution >= 4 is 23.2 Å². The summed E-state index contributed by atoms with van der Waals surface area (Å²) >= 11 is 0. The SMILES string of the molecule is COc1ccc(C(=O)C2C(=O)C(=O)N(c3ccc(OC)cc3)C2c2ccc(OC)cc2OC)cc1. The molecule has 4 rings (SSSR count). The number of rotatable bonds is 8. The van der Waals surface area contributed by atoms with Gasteiger partial charge in [-0.3, -0.25) is 19.3 Å². The van der Waals surface area contributed by atoms with Crippen LogP contribution in [-0.4, -0.2) is 45.9 Å². The molecule has 3 aromatic carbocycles. The molecule has 35 heavy (non-hydrogen) atoms. The first-order valence-corrected chi connectivity index (χ1v) is 10.8. The summed E-state index contributed by atoms with van der Waals surface area (Å²) in [7, 11) is 6.06. The molecular formula is C27H25NO7. The van der Waals surface area contributed by atoms with Crippen molar-refractivity contribution < 1.29 is 33.3 Å². The van der Waals surface area contributed by atoms with E-state index < -0.39 is 29.4 Å². The van der Waals surface area contributed by atoms with Crippen molar-refractivity contribution in [2.24, 2.45) is 5.92 Å². The van der Waals surface area contributed by atoms with E-state index in [1.54, 1.807) is 66.7 Å². The standard InChI is InChI=1S/C27H25NO7/c1-32-18-9-5-16(6-10-18)25(29)23-24(21-14-13-20(34-3)15-22(21)35-4)28(27(31)26(23)30)17-7-11-19(33-2)12-8-17/h5-15,23-24H,1-4H3. The molecule has 0 spiro atoms. The van der Waals surface area contributed by atoms with E-state index in [9.17, 15) is 14.4 Å². The van der Waals surface area contributed by atoms with Crippen LogP contribution in [0.4, 0.5) is 5.69 Å². The monoisotopic (exact) mass is 475 g/mol. The Morgan fingerprint density at radius 1 is 0.714 bits per heavy atom. The molecule has 0 N–H and O–H groups in total. The van der Waals surface area contributed by atoms with Crippen molar-refractivity contribution in [3.05, 3.63) is 77.9 Å². The molecule has 0 saturated carbocycles. The summed E-state index contributed by atoms with van der Waals surface area (Å²) in [6.07, 6.45) is 0. The number of ketones is 2. The molecule has 1 aliphatic heterocycles. The first kappa shape index (κ1) is 23.8. The maximum atomic E-state index is 13.7. The molecule has 180 valence electrons. The highest BCUT2D eigenvalue weighted by atomic mass is 16.5. The van der Waals surface area contributed by atoms with Crippen LogP contribution in [0.5, 0.6) is 23.0 Å². The molecule has 2 unspecified atom stereocenters. The summed E-state index contributed by atoms with van der Waals surface area (Å²) in [5.74, 6) is -1.21. The maximum Gasteiger partial charge on any atom is 0.295 e. The Labute approximate surface area is 203 Å². The largest absolute Gasteiger partial charge is 0.497 e. The molecule has 0 aromatic heterocycles. The lowest BCUT2D eigenvalue weighted by Gasteiger charge is -2.28. The Kier molecular flexibility index (Phi) is 6.73. The number of ether oxygens (including phenoxy) is 4. The molecule has 1 heterocycles. The van der Waals surface area contributed by atoms with Crippen molar-refractivity contribution in [3.63, 3.8) is 0 Å². The second kappa shape index (κ2) is 9.89. The van der Waals surface area contributed by atoms with Gasteiger partial charge in [-0.15, -0.1) is 0 Å². The smallest absolute Gasteiger partial charge is 0.295 e. The van der Waals surface area contributed by atoms with Crippen molar-refractivity contribution in [1.82, 2.24) is 0 Å². The lowest BCUT2D eigenvalue weighted by molar-refractivity contribution is -0.135. The van der Waals surface area contributed by atoms with Crippen LogP contribution in [-0.2, 0) is 9.59 Å². The Balaban J connectivity index is 1.87. The highest BCUT2D eigenvalue weighted by Gasteiger charge is 2.53. The van der Waals surface area contributed by atoms with Crippen molar-refractivity contribution in [2.45, 2.75) is 6.04 Å². The molecule has 8 heteroatoms. The van der Waals surface area contributed by atoms with Gasteiger partial charge in [0.25, 0.3) is 5.91 Å². The van der Waals surface area contributed by atoms with Gasteiger partial charge in [0.1, 0.15) is 28.9 Å². The summed E-state index contributed by atoms with van der Waals surface area (Å²) in [6.45, 7) is 0. The van der Waals surface area contributed by atoms with Gasteiger partial charge in [0, 0.05) is 22.9 Å². The summed E-state index contributed by atoms with van der Waals surface area (Å²) < 4.78 is 21.3. The molecule has 1 saturated heterocycles. The van der Waals surface area contributed by atoms with Gasteiger partial charge in [-0.05, 0) is 60.7 Å². The molecule has 0 radical (unpaired) electrons. The van der Waals surface area contributed by atoms with Crippen LogP contribution in [0, 0.1) is 5.92 Å². The third kappa shape index (κ3) is 4.30. The number of carbonyl (C=O) groups excluding carboxylic acids is 3. The number of nitrogens with zero attached hydrogens (tertiary/aromatic N) is 1. The van der Waals surface area contributed by atoms with Crippen LogP contribution >= 0.6 is 0 Å². The van der Waals surface area contributed by atoms with Gasteiger partial charge in [-0.25, -0.2) is 0 Å². The molecule has 1 aliphatic rings. The molecule has 1 fully saturated rings. The van der Waals surface area contributed by atoms with Gasteiger partial charge in [-0.2, -0.15) is 0 Å². The van der Waals surface area contributed by atoms with E-state index in [2.05, 4.69) is 0 Å². The quantitative estimate of drug-likeness (QED) is 0.277. The van der Waals surface area contributed by atoms with Crippen molar-refractivity contribution in [3.8, 4) is 23.0 Å². The number of hydrogen-bond donors (Lipinski definition) is 0. The lowest BCUT2D eigenvalue weighted by Crippen LogP contribution is -2.31. The van der Waals surface area contributed by atoms with E-state index in [-0.39, 0.29) is 0 Å². The van der Waals surface area contributed by atoms with E-state index in [1.165, 1.54) is 33.3 Å². The second-order valence-electron chi connectivity index (χ2n) is 7.86. The second-order valence-corrected chi connectivity index (χ2v) is 7.86. The number of hydrogen-bond acceptors (Lipinski definition) is 7. The molecular weight excluding hydrogens is 450 g/mol. The van der Waals surface area contributed by atoms with Crippen LogP contribution in [0.2, 0.25) is 0 Å². The predicted molar refractivity (Wildman–Crippen MR) is 129 cm³/mol. The van der Waals surface area contributed by atoms with Gasteiger partial charge in [0.15, 0.2) is 5.78 Å². The van der Waals surface area contributed by atoms with Crippen LogP contribution < -0.4 is 23.8 Å². The van der Waals surface area contributed by atoms with Gasteiger partial charge in [0.05, 0.1) is 34.5 Å². The zero-order valence-corrected chi connectivity index (χ0v) is 19.8. The molecule has 8 nitrogen and oxygen atoms in total. The summed E-state index contributed by atoms with van der Waals surface area (Å²) in [5.41, 5.74) is 1.26. The zero-order valence-electron chi connectivity index (χ0n) is 19.8. The normalized spacial score (nSPS) is 17.3. The maximum absolute atomic E-state index is 13.7. The van der Waals surface area contributed by atoms with Crippen LogP contribution in [0.15, 0.2) is 66.7 Å². The minimum Gasteiger partial charge on any atom is -0.497 e. The molecule has 3 aromatic rings. The fraction of sp³-hybridized carbons (Fsp3) is 0.222. The average Bonchev–Trinajstić information content (AvgIpc) is 3.17. The van der Waals surface area contributed by atoms with Gasteiger partial charge in [0.2, 0.25) is 5.78 Å². The van der Waals surface area contributed by atoms with Crippen molar-refractivity contribution in [1.29, 1.82) is 0 Å². The average molecular weight is 475 g/mol. The minimum absolute atomic E-state index is 0.297. The molecule has 0 bridgehead atoms. The van der Waals surface area contributed by atoms with E-state index in [0.717, 1.165) is 0 Å². The van der Waals surface area contributed by atoms with E-state index in [1.807, 2.05) is 0 Å². The molecule has 2 atom stereocenters.